The van der Waals surface area contributed by atoms with Crippen LogP contribution in [0.5, 0.6) is 0 Å². The third-order valence-electron chi connectivity index (χ3n) is 3.21. The van der Waals surface area contributed by atoms with Crippen molar-refractivity contribution in [3.8, 4) is 0 Å². The Labute approximate surface area is 73.0 Å². The van der Waals surface area contributed by atoms with Crippen molar-refractivity contribution < 1.29 is 4.79 Å². The largest absolute Gasteiger partial charge is 0.316 e. The molecule has 0 amide bonds. The Balaban J connectivity index is 2.10. The number of hydrogen-bond acceptors (Lipinski definition) is 2. The first-order valence-electron chi connectivity index (χ1n) is 4.67. The second-order valence-corrected chi connectivity index (χ2v) is 3.88. The molecule has 3 atom stereocenters. The molecule has 0 radical (unpaired) electrons. The molecule has 0 aromatic heterocycles. The highest BCUT2D eigenvalue weighted by Gasteiger charge is 2.43. The van der Waals surface area contributed by atoms with Crippen molar-refractivity contribution in [2.75, 3.05) is 13.1 Å². The Kier molecular flexibility index (Phi) is 2.01. The lowest BCUT2D eigenvalue weighted by Crippen LogP contribution is -2.20. The molecule has 12 heavy (non-hydrogen) atoms. The van der Waals surface area contributed by atoms with Crippen molar-refractivity contribution in [3.05, 3.63) is 12.7 Å². The van der Waals surface area contributed by atoms with Crippen molar-refractivity contribution in [3.63, 3.8) is 0 Å². The molecule has 1 saturated heterocycles. The van der Waals surface area contributed by atoms with Crippen LogP contribution in [0.15, 0.2) is 12.7 Å². The van der Waals surface area contributed by atoms with Crippen LogP contribution in [0.4, 0.5) is 0 Å². The zero-order chi connectivity index (χ0) is 8.55. The van der Waals surface area contributed by atoms with Gasteiger partial charge in [-0.3, -0.25) is 4.79 Å². The van der Waals surface area contributed by atoms with Crippen LogP contribution >= 0.6 is 0 Å². The highest BCUT2D eigenvalue weighted by atomic mass is 16.1. The molecular weight excluding hydrogens is 150 g/mol. The summed E-state index contributed by atoms with van der Waals surface area (Å²) in [5.74, 6) is 1.98. The molecule has 1 N–H and O–H groups in total. The lowest BCUT2D eigenvalue weighted by Gasteiger charge is -2.13. The SMILES string of the molecule is C=CC[C@@H]1C(=O)C[C@H]2CNC[C@H]21. The first kappa shape index (κ1) is 7.99. The van der Waals surface area contributed by atoms with E-state index in [-0.39, 0.29) is 5.92 Å². The Morgan fingerprint density at radius 3 is 3.17 bits per heavy atom. The number of ketones is 1. The topological polar surface area (TPSA) is 29.1 Å². The fourth-order valence-electron chi connectivity index (χ4n) is 2.58. The van der Waals surface area contributed by atoms with Crippen molar-refractivity contribution in [2.24, 2.45) is 17.8 Å². The molecule has 2 rings (SSSR count). The molecule has 66 valence electrons. The zero-order valence-electron chi connectivity index (χ0n) is 7.25. The Morgan fingerprint density at radius 2 is 2.42 bits per heavy atom. The van der Waals surface area contributed by atoms with E-state index in [0.717, 1.165) is 25.9 Å². The van der Waals surface area contributed by atoms with Gasteiger partial charge >= 0.3 is 0 Å². The molecule has 0 unspecified atom stereocenters. The predicted octanol–water partition coefficient (Wildman–Crippen LogP) is 0.987. The van der Waals surface area contributed by atoms with Gasteiger partial charge in [-0.1, -0.05) is 6.08 Å². The first-order chi connectivity index (χ1) is 5.83. The average molecular weight is 165 g/mol. The van der Waals surface area contributed by atoms with Crippen LogP contribution in [0.2, 0.25) is 0 Å². The molecule has 1 aliphatic carbocycles. The van der Waals surface area contributed by atoms with Gasteiger partial charge in [0.2, 0.25) is 0 Å². The molecule has 2 nitrogen and oxygen atoms in total. The zero-order valence-corrected chi connectivity index (χ0v) is 7.25. The summed E-state index contributed by atoms with van der Waals surface area (Å²) in [7, 11) is 0. The van der Waals surface area contributed by atoms with E-state index in [0.29, 0.717) is 17.6 Å². The van der Waals surface area contributed by atoms with Crippen LogP contribution in [-0.2, 0) is 4.79 Å². The molecule has 0 bridgehead atoms. The van der Waals surface area contributed by atoms with Gasteiger partial charge in [0.25, 0.3) is 0 Å². The summed E-state index contributed by atoms with van der Waals surface area (Å²) in [6, 6.07) is 0. The van der Waals surface area contributed by atoms with E-state index in [1.807, 2.05) is 6.08 Å². The summed E-state index contributed by atoms with van der Waals surface area (Å²) in [5, 5.41) is 3.35. The Hall–Kier alpha value is -0.630. The van der Waals surface area contributed by atoms with Gasteiger partial charge < -0.3 is 5.32 Å². The summed E-state index contributed by atoms with van der Waals surface area (Å²) in [5.41, 5.74) is 0. The van der Waals surface area contributed by atoms with E-state index in [4.69, 9.17) is 0 Å². The van der Waals surface area contributed by atoms with E-state index in [1.165, 1.54) is 0 Å². The summed E-state index contributed by atoms with van der Waals surface area (Å²) >= 11 is 0. The molecule has 1 aliphatic heterocycles. The van der Waals surface area contributed by atoms with Crippen molar-refractivity contribution >= 4 is 5.78 Å². The molecular formula is C10H15NO. The lowest BCUT2D eigenvalue weighted by molar-refractivity contribution is -0.121. The van der Waals surface area contributed by atoms with Gasteiger partial charge in [0.1, 0.15) is 5.78 Å². The van der Waals surface area contributed by atoms with Gasteiger partial charge in [-0.25, -0.2) is 0 Å². The molecule has 2 fully saturated rings. The summed E-state index contributed by atoms with van der Waals surface area (Å²) in [4.78, 5) is 11.5. The molecule has 0 aromatic carbocycles. The monoisotopic (exact) mass is 165 g/mol. The van der Waals surface area contributed by atoms with Crippen LogP contribution in [0.1, 0.15) is 12.8 Å². The quantitative estimate of drug-likeness (QED) is 0.618. The van der Waals surface area contributed by atoms with E-state index in [2.05, 4.69) is 11.9 Å². The van der Waals surface area contributed by atoms with Crippen LogP contribution in [0.3, 0.4) is 0 Å². The van der Waals surface area contributed by atoms with Crippen LogP contribution in [-0.4, -0.2) is 18.9 Å². The molecule has 1 heterocycles. The average Bonchev–Trinajstić information content (AvgIpc) is 2.56. The van der Waals surface area contributed by atoms with Crippen LogP contribution in [0.25, 0.3) is 0 Å². The molecule has 0 aromatic rings. The predicted molar refractivity (Wildman–Crippen MR) is 47.8 cm³/mol. The standard InChI is InChI=1S/C10H15NO/c1-2-3-8-9-6-11-5-7(9)4-10(8)12/h2,7-9,11H,1,3-6H2/t7-,8-,9+/m0/s1. The van der Waals surface area contributed by atoms with Crippen molar-refractivity contribution in [1.29, 1.82) is 0 Å². The van der Waals surface area contributed by atoms with E-state index < -0.39 is 0 Å². The lowest BCUT2D eigenvalue weighted by atomic mass is 9.90. The Morgan fingerprint density at radius 1 is 1.58 bits per heavy atom. The Bertz CT molecular complexity index is 212. The fourth-order valence-corrected chi connectivity index (χ4v) is 2.58. The maximum atomic E-state index is 11.5. The first-order valence-corrected chi connectivity index (χ1v) is 4.67. The summed E-state index contributed by atoms with van der Waals surface area (Å²) in [6.45, 7) is 5.78. The number of rotatable bonds is 2. The minimum Gasteiger partial charge on any atom is -0.316 e. The highest BCUT2D eigenvalue weighted by Crippen LogP contribution is 2.38. The number of carbonyl (C=O) groups is 1. The number of nitrogens with one attached hydrogen (secondary N) is 1. The van der Waals surface area contributed by atoms with Crippen LogP contribution < -0.4 is 5.32 Å². The van der Waals surface area contributed by atoms with Gasteiger partial charge in [0, 0.05) is 12.3 Å². The van der Waals surface area contributed by atoms with E-state index in [1.54, 1.807) is 0 Å². The molecule has 0 spiro atoms. The number of fused-ring (bicyclic) bond motifs is 1. The number of hydrogen-bond donors (Lipinski definition) is 1. The second-order valence-electron chi connectivity index (χ2n) is 3.88. The second kappa shape index (κ2) is 3.02. The van der Waals surface area contributed by atoms with Gasteiger partial charge in [-0.05, 0) is 31.3 Å². The summed E-state index contributed by atoms with van der Waals surface area (Å²) in [6.07, 6.45) is 3.56. The number of Topliss-reactive ketones (excluding diaryl/α,β-unsaturated/α-hetero) is 1. The van der Waals surface area contributed by atoms with E-state index in [9.17, 15) is 4.79 Å². The molecule has 2 aliphatic rings. The molecule has 2 heteroatoms. The van der Waals surface area contributed by atoms with Crippen molar-refractivity contribution in [2.45, 2.75) is 12.8 Å². The van der Waals surface area contributed by atoms with Gasteiger partial charge in [0.05, 0.1) is 0 Å². The van der Waals surface area contributed by atoms with Crippen molar-refractivity contribution in [1.82, 2.24) is 5.32 Å². The third kappa shape index (κ3) is 1.11. The smallest absolute Gasteiger partial charge is 0.136 e. The van der Waals surface area contributed by atoms with E-state index >= 15 is 0 Å². The summed E-state index contributed by atoms with van der Waals surface area (Å²) < 4.78 is 0. The van der Waals surface area contributed by atoms with Gasteiger partial charge in [-0.2, -0.15) is 0 Å². The highest BCUT2D eigenvalue weighted by molar-refractivity contribution is 5.84. The minimum absolute atomic E-state index is 0.280. The normalized spacial score (nSPS) is 40.0. The third-order valence-corrected chi connectivity index (χ3v) is 3.21. The number of allylic oxidation sites excluding steroid dienone is 1. The minimum atomic E-state index is 0.280. The maximum absolute atomic E-state index is 11.5. The molecule has 1 saturated carbocycles. The number of carbonyl (C=O) groups excluding carboxylic acids is 1. The fraction of sp³-hybridized carbons (Fsp3) is 0.700. The van der Waals surface area contributed by atoms with Crippen LogP contribution in [0, 0.1) is 17.8 Å². The van der Waals surface area contributed by atoms with Gasteiger partial charge in [-0.15, -0.1) is 6.58 Å². The maximum Gasteiger partial charge on any atom is 0.136 e. The van der Waals surface area contributed by atoms with Gasteiger partial charge in [0.15, 0.2) is 0 Å².